The molecule has 7 heteroatoms. The van der Waals surface area contributed by atoms with Gasteiger partial charge < -0.3 is 15.5 Å². The van der Waals surface area contributed by atoms with Gasteiger partial charge in [0, 0.05) is 26.7 Å². The van der Waals surface area contributed by atoms with Crippen molar-refractivity contribution in [2.24, 2.45) is 4.99 Å². The Morgan fingerprint density at radius 2 is 2.00 bits per heavy atom. The topological polar surface area (TPSA) is 56.7 Å². The number of carbonyl (C=O) groups is 1. The zero-order valence-electron chi connectivity index (χ0n) is 14.8. The third-order valence-corrected chi connectivity index (χ3v) is 3.51. The van der Waals surface area contributed by atoms with Gasteiger partial charge in [0.25, 0.3) is 0 Å². The quantitative estimate of drug-likeness (QED) is 0.381. The van der Waals surface area contributed by atoms with Gasteiger partial charge in [0.05, 0.1) is 0 Å². The maximum Gasteiger partial charge on any atom is 0.243 e. The van der Waals surface area contributed by atoms with Crippen LogP contribution in [0.15, 0.2) is 29.3 Å². The Labute approximate surface area is 161 Å². The van der Waals surface area contributed by atoms with Gasteiger partial charge in [0.15, 0.2) is 5.96 Å². The molecule has 0 aromatic heterocycles. The second kappa shape index (κ2) is 12.0. The lowest BCUT2D eigenvalue weighted by Crippen LogP contribution is -2.43. The van der Waals surface area contributed by atoms with Crippen LogP contribution in [0.3, 0.4) is 0 Å². The standard InChI is InChI=1S/C17H27FN4O.HI/c1-5-13(2)21-17(20-12-16(23)22(3)4)19-11-10-14-8-6-7-9-15(14)18;/h6-9,13H,5,10-12H2,1-4H3,(H2,19,20,21);1H. The number of likely N-dealkylation sites (N-methyl/N-ethyl adjacent to an activating group) is 1. The number of rotatable bonds is 7. The molecule has 1 aromatic carbocycles. The largest absolute Gasteiger partial charge is 0.356 e. The number of benzene rings is 1. The maximum absolute atomic E-state index is 13.6. The summed E-state index contributed by atoms with van der Waals surface area (Å²) in [5, 5.41) is 6.39. The van der Waals surface area contributed by atoms with Crippen molar-refractivity contribution in [3.63, 3.8) is 0 Å². The first-order valence-electron chi connectivity index (χ1n) is 7.92. The lowest BCUT2D eigenvalue weighted by atomic mass is 10.1. The van der Waals surface area contributed by atoms with E-state index in [9.17, 15) is 9.18 Å². The molecule has 0 heterocycles. The van der Waals surface area contributed by atoms with Crippen LogP contribution in [-0.2, 0) is 11.2 Å². The van der Waals surface area contributed by atoms with Gasteiger partial charge in [-0.1, -0.05) is 25.1 Å². The normalized spacial score (nSPS) is 12.1. The molecule has 0 saturated carbocycles. The summed E-state index contributed by atoms with van der Waals surface area (Å²) in [6, 6.07) is 6.96. The lowest BCUT2D eigenvalue weighted by Gasteiger charge is -2.17. The molecule has 1 atom stereocenters. The zero-order chi connectivity index (χ0) is 17.2. The van der Waals surface area contributed by atoms with E-state index < -0.39 is 0 Å². The molecule has 1 amide bonds. The van der Waals surface area contributed by atoms with Crippen molar-refractivity contribution in [3.8, 4) is 0 Å². The molecule has 136 valence electrons. The van der Waals surface area contributed by atoms with Gasteiger partial charge in [0.1, 0.15) is 12.4 Å². The van der Waals surface area contributed by atoms with Crippen molar-refractivity contribution < 1.29 is 9.18 Å². The van der Waals surface area contributed by atoms with Crippen LogP contribution >= 0.6 is 24.0 Å². The fourth-order valence-electron chi connectivity index (χ4n) is 1.79. The second-order valence-corrected chi connectivity index (χ2v) is 5.67. The third-order valence-electron chi connectivity index (χ3n) is 3.51. The van der Waals surface area contributed by atoms with Crippen molar-refractivity contribution in [2.45, 2.75) is 32.7 Å². The monoisotopic (exact) mass is 450 g/mol. The summed E-state index contributed by atoms with van der Waals surface area (Å²) in [6.07, 6.45) is 1.49. The first-order valence-corrected chi connectivity index (χ1v) is 7.92. The SMILES string of the molecule is CCC(C)NC(=NCC(=O)N(C)C)NCCc1ccccc1F.I. The molecule has 5 nitrogen and oxygen atoms in total. The van der Waals surface area contributed by atoms with E-state index in [0.29, 0.717) is 24.5 Å². The average Bonchev–Trinajstić information content (AvgIpc) is 2.53. The van der Waals surface area contributed by atoms with Gasteiger partial charge in [0.2, 0.25) is 5.91 Å². The van der Waals surface area contributed by atoms with E-state index in [-0.39, 0.29) is 48.3 Å². The molecule has 0 bridgehead atoms. The van der Waals surface area contributed by atoms with Gasteiger partial charge in [-0.15, -0.1) is 24.0 Å². The summed E-state index contributed by atoms with van der Waals surface area (Å²) in [5.74, 6) is 0.306. The predicted octanol–water partition coefficient (Wildman–Crippen LogP) is 2.41. The van der Waals surface area contributed by atoms with E-state index in [1.165, 1.54) is 11.0 Å². The van der Waals surface area contributed by atoms with Gasteiger partial charge in [-0.05, 0) is 31.4 Å². The first-order chi connectivity index (χ1) is 10.9. The van der Waals surface area contributed by atoms with Crippen molar-refractivity contribution in [3.05, 3.63) is 35.6 Å². The molecule has 1 aromatic rings. The van der Waals surface area contributed by atoms with Crippen LogP contribution in [-0.4, -0.2) is 50.0 Å². The van der Waals surface area contributed by atoms with Crippen LogP contribution in [0.4, 0.5) is 4.39 Å². The summed E-state index contributed by atoms with van der Waals surface area (Å²) in [5.41, 5.74) is 0.659. The Morgan fingerprint density at radius 1 is 1.33 bits per heavy atom. The van der Waals surface area contributed by atoms with Crippen LogP contribution in [0, 0.1) is 5.82 Å². The lowest BCUT2D eigenvalue weighted by molar-refractivity contribution is -0.127. The van der Waals surface area contributed by atoms with Crippen LogP contribution in [0.1, 0.15) is 25.8 Å². The first kappa shape index (κ1) is 22.6. The van der Waals surface area contributed by atoms with Crippen LogP contribution in [0.2, 0.25) is 0 Å². The van der Waals surface area contributed by atoms with E-state index in [2.05, 4.69) is 22.5 Å². The summed E-state index contributed by atoms with van der Waals surface area (Å²) < 4.78 is 13.6. The molecular formula is C17H28FIN4O. The third kappa shape index (κ3) is 8.47. The minimum atomic E-state index is -0.203. The highest BCUT2D eigenvalue weighted by Crippen LogP contribution is 2.06. The number of amides is 1. The Balaban J connectivity index is 0.00000529. The van der Waals surface area contributed by atoms with Gasteiger partial charge in [-0.3, -0.25) is 4.79 Å². The smallest absolute Gasteiger partial charge is 0.243 e. The number of hydrogen-bond acceptors (Lipinski definition) is 2. The molecule has 1 rings (SSSR count). The molecule has 0 aliphatic heterocycles. The number of carbonyl (C=O) groups excluding carboxylic acids is 1. The second-order valence-electron chi connectivity index (χ2n) is 5.67. The minimum absolute atomic E-state index is 0. The fourth-order valence-corrected chi connectivity index (χ4v) is 1.79. The molecule has 0 aliphatic carbocycles. The number of nitrogens with one attached hydrogen (secondary N) is 2. The summed E-state index contributed by atoms with van der Waals surface area (Å²) in [4.78, 5) is 17.5. The molecule has 24 heavy (non-hydrogen) atoms. The molecular weight excluding hydrogens is 422 g/mol. The fraction of sp³-hybridized carbons (Fsp3) is 0.529. The van der Waals surface area contributed by atoms with E-state index in [4.69, 9.17) is 0 Å². The Kier molecular flexibility index (Phi) is 11.4. The van der Waals surface area contributed by atoms with E-state index in [0.717, 1.165) is 6.42 Å². The molecule has 1 unspecified atom stereocenters. The molecule has 0 aliphatic rings. The van der Waals surface area contributed by atoms with Crippen LogP contribution in [0.25, 0.3) is 0 Å². The van der Waals surface area contributed by atoms with Crippen molar-refractivity contribution in [1.82, 2.24) is 15.5 Å². The highest BCUT2D eigenvalue weighted by atomic mass is 127. The number of hydrogen-bond donors (Lipinski definition) is 2. The highest BCUT2D eigenvalue weighted by molar-refractivity contribution is 14.0. The Bertz CT molecular complexity index is 537. The Morgan fingerprint density at radius 3 is 2.58 bits per heavy atom. The van der Waals surface area contributed by atoms with Gasteiger partial charge in [-0.25, -0.2) is 9.38 Å². The zero-order valence-corrected chi connectivity index (χ0v) is 17.1. The molecule has 0 spiro atoms. The number of nitrogens with zero attached hydrogens (tertiary/aromatic N) is 2. The molecule has 0 saturated heterocycles. The number of aliphatic imine (C=N–C) groups is 1. The maximum atomic E-state index is 13.6. The van der Waals surface area contributed by atoms with Crippen LogP contribution in [0.5, 0.6) is 0 Å². The highest BCUT2D eigenvalue weighted by Gasteiger charge is 2.07. The predicted molar refractivity (Wildman–Crippen MR) is 107 cm³/mol. The van der Waals surface area contributed by atoms with Crippen molar-refractivity contribution in [2.75, 3.05) is 27.2 Å². The molecule has 2 N–H and O–H groups in total. The Hall–Kier alpha value is -1.38. The summed E-state index contributed by atoms with van der Waals surface area (Å²) in [7, 11) is 3.40. The average molecular weight is 450 g/mol. The van der Waals surface area contributed by atoms with Crippen LogP contribution < -0.4 is 10.6 Å². The minimum Gasteiger partial charge on any atom is -0.356 e. The molecule has 0 fully saturated rings. The number of halogens is 2. The molecule has 0 radical (unpaired) electrons. The number of guanidine groups is 1. The van der Waals surface area contributed by atoms with E-state index >= 15 is 0 Å². The van der Waals surface area contributed by atoms with Crippen molar-refractivity contribution >= 4 is 35.8 Å². The van der Waals surface area contributed by atoms with Gasteiger partial charge in [-0.2, -0.15) is 0 Å². The summed E-state index contributed by atoms with van der Waals surface area (Å²) in [6.45, 7) is 4.74. The van der Waals surface area contributed by atoms with E-state index in [1.54, 1.807) is 26.2 Å². The van der Waals surface area contributed by atoms with Gasteiger partial charge >= 0.3 is 0 Å². The van der Waals surface area contributed by atoms with E-state index in [1.807, 2.05) is 13.0 Å². The summed E-state index contributed by atoms with van der Waals surface area (Å²) >= 11 is 0. The van der Waals surface area contributed by atoms with Crippen molar-refractivity contribution in [1.29, 1.82) is 0 Å².